The number of aliphatic imine (C=N–C) groups is 2. The first-order valence-corrected chi connectivity index (χ1v) is 21.7. The SMILES string of the molecule is Cc1cc(-c2[nH]nc3ncc(-c4ccc(N5CCN(CC6CCN(c7ccc(NCCC(N)=O)c(C)c7)CC6)CC5)cc4)cc23)ccc1CNC(=O)C1=NCC(C(C)(C)C)=N1. The third kappa shape index (κ3) is 9.78. The van der Waals surface area contributed by atoms with Gasteiger partial charge in [0.2, 0.25) is 11.7 Å². The fourth-order valence-electron chi connectivity index (χ4n) is 8.61. The Morgan fingerprint density at radius 2 is 1.56 bits per heavy atom. The number of carbonyl (C=O) groups excluding carboxylic acids is 2. The number of pyridine rings is 1. The number of rotatable bonds is 13. The van der Waals surface area contributed by atoms with Crippen LogP contribution in [0.2, 0.25) is 0 Å². The maximum atomic E-state index is 12.8. The standard InChI is InChI=1S/C48H59N11O2/c1-31-24-35(6-7-36(31)27-53-47(61)46-52-29-42(54-46)48(3,4)5)44-40-26-37(28-51-45(40)56-55-44)34-8-10-38(11-9-34)59-22-20-57(21-23-59)30-33-15-18-58(19-16-33)39-12-13-41(32(2)25-39)50-17-14-43(49)60/h6-13,24-26,28,33,50H,14-23,27,29-30H2,1-5H3,(H2,49,60)(H,53,61)(H,51,55,56). The highest BCUT2D eigenvalue weighted by Gasteiger charge is 2.27. The average Bonchev–Trinajstić information content (AvgIpc) is 3.93. The van der Waals surface area contributed by atoms with Gasteiger partial charge in [0.1, 0.15) is 0 Å². The van der Waals surface area contributed by atoms with Crippen molar-refractivity contribution in [2.75, 3.05) is 74.0 Å². The molecular formula is C48H59N11O2. The van der Waals surface area contributed by atoms with Gasteiger partial charge in [-0.2, -0.15) is 5.10 Å². The Bertz CT molecular complexity index is 2450. The van der Waals surface area contributed by atoms with Gasteiger partial charge < -0.3 is 26.2 Å². The van der Waals surface area contributed by atoms with E-state index in [1.807, 2.05) is 6.20 Å². The normalized spacial score (nSPS) is 16.5. The highest BCUT2D eigenvalue weighted by Crippen LogP contribution is 2.32. The minimum atomic E-state index is -0.287. The van der Waals surface area contributed by atoms with E-state index in [0.29, 0.717) is 31.7 Å². The molecule has 2 saturated heterocycles. The number of aryl methyl sites for hydroxylation is 2. The van der Waals surface area contributed by atoms with Crippen molar-refractivity contribution >= 4 is 51.5 Å². The van der Waals surface area contributed by atoms with Crippen molar-refractivity contribution in [3.05, 3.63) is 89.6 Å². The van der Waals surface area contributed by atoms with Gasteiger partial charge in [0.25, 0.3) is 5.91 Å². The predicted octanol–water partition coefficient (Wildman–Crippen LogP) is 6.75. The Kier molecular flexibility index (Phi) is 12.2. The van der Waals surface area contributed by atoms with Crippen LogP contribution in [-0.4, -0.2) is 102 Å². The lowest BCUT2D eigenvalue weighted by atomic mass is 9.90. The zero-order chi connectivity index (χ0) is 42.7. The van der Waals surface area contributed by atoms with Gasteiger partial charge in [-0.15, -0.1) is 0 Å². The molecule has 0 bridgehead atoms. The number of piperazine rings is 1. The summed E-state index contributed by atoms with van der Waals surface area (Å²) in [7, 11) is 0. The van der Waals surface area contributed by atoms with Gasteiger partial charge in [0.15, 0.2) is 5.65 Å². The number of benzene rings is 3. The second-order valence-corrected chi connectivity index (χ2v) is 17.9. The maximum Gasteiger partial charge on any atom is 0.288 e. The van der Waals surface area contributed by atoms with E-state index < -0.39 is 0 Å². The van der Waals surface area contributed by atoms with Crippen LogP contribution >= 0.6 is 0 Å². The van der Waals surface area contributed by atoms with E-state index in [0.717, 1.165) is 95.5 Å². The number of nitrogens with two attached hydrogens (primary N) is 1. The number of nitrogens with zero attached hydrogens (tertiary/aromatic N) is 7. The summed E-state index contributed by atoms with van der Waals surface area (Å²) in [6, 6.07) is 23.9. The monoisotopic (exact) mass is 821 g/mol. The molecule has 13 heteroatoms. The molecule has 5 aromatic rings. The highest BCUT2D eigenvalue weighted by molar-refractivity contribution is 6.41. The summed E-state index contributed by atoms with van der Waals surface area (Å²) in [4.78, 5) is 45.1. The summed E-state index contributed by atoms with van der Waals surface area (Å²) >= 11 is 0. The molecule has 3 aromatic carbocycles. The number of anilines is 3. The number of aromatic amines is 1. The van der Waals surface area contributed by atoms with Crippen LogP contribution in [0.4, 0.5) is 17.1 Å². The number of nitrogens with one attached hydrogen (secondary N) is 3. The molecule has 2 fully saturated rings. The van der Waals surface area contributed by atoms with E-state index in [1.54, 1.807) is 0 Å². The second kappa shape index (κ2) is 17.9. The second-order valence-electron chi connectivity index (χ2n) is 17.9. The summed E-state index contributed by atoms with van der Waals surface area (Å²) in [5.41, 5.74) is 17.7. The lowest BCUT2D eigenvalue weighted by Gasteiger charge is -2.40. The van der Waals surface area contributed by atoms with Gasteiger partial charge in [0.05, 0.1) is 12.2 Å². The van der Waals surface area contributed by atoms with E-state index in [9.17, 15) is 9.59 Å². The molecule has 5 N–H and O–H groups in total. The van der Waals surface area contributed by atoms with Crippen molar-refractivity contribution in [3.8, 4) is 22.4 Å². The molecule has 8 rings (SSSR count). The molecule has 0 saturated carbocycles. The first-order valence-electron chi connectivity index (χ1n) is 21.7. The minimum Gasteiger partial charge on any atom is -0.384 e. The van der Waals surface area contributed by atoms with E-state index >= 15 is 0 Å². The molecule has 3 aliphatic heterocycles. The fraction of sp³-hybridized carbons (Fsp3) is 0.417. The first-order chi connectivity index (χ1) is 29.4. The number of amidine groups is 1. The molecule has 0 atom stereocenters. The van der Waals surface area contributed by atoms with Gasteiger partial charge >= 0.3 is 0 Å². The highest BCUT2D eigenvalue weighted by atomic mass is 16.2. The zero-order valence-corrected chi connectivity index (χ0v) is 36.2. The summed E-state index contributed by atoms with van der Waals surface area (Å²) in [5.74, 6) is 0.437. The van der Waals surface area contributed by atoms with Crippen LogP contribution in [0.15, 0.2) is 82.9 Å². The number of fused-ring (bicyclic) bond motifs is 1. The number of piperidine rings is 1. The smallest absolute Gasteiger partial charge is 0.288 e. The number of aromatic nitrogens is 3. The Morgan fingerprint density at radius 3 is 2.25 bits per heavy atom. The van der Waals surface area contributed by atoms with Crippen LogP contribution in [0.1, 0.15) is 56.7 Å². The maximum absolute atomic E-state index is 12.8. The van der Waals surface area contributed by atoms with Crippen molar-refractivity contribution in [2.45, 2.75) is 60.4 Å². The number of hydrogen-bond donors (Lipinski definition) is 4. The van der Waals surface area contributed by atoms with Crippen LogP contribution in [0.3, 0.4) is 0 Å². The molecule has 318 valence electrons. The number of hydrogen-bond acceptors (Lipinski definition) is 10. The largest absolute Gasteiger partial charge is 0.384 e. The molecule has 3 aliphatic rings. The van der Waals surface area contributed by atoms with Crippen molar-refractivity contribution in [1.82, 2.24) is 25.4 Å². The Balaban J connectivity index is 0.821. The molecule has 13 nitrogen and oxygen atoms in total. The molecule has 2 amide bonds. The lowest BCUT2D eigenvalue weighted by molar-refractivity contribution is -0.118. The van der Waals surface area contributed by atoms with Gasteiger partial charge in [-0.3, -0.25) is 24.6 Å². The summed E-state index contributed by atoms with van der Waals surface area (Å²) in [6.07, 6.45) is 4.65. The van der Waals surface area contributed by atoms with Crippen molar-refractivity contribution in [2.24, 2.45) is 27.1 Å². The summed E-state index contributed by atoms with van der Waals surface area (Å²) < 4.78 is 0. The van der Waals surface area contributed by atoms with Crippen LogP contribution in [0, 0.1) is 25.2 Å². The van der Waals surface area contributed by atoms with Crippen LogP contribution in [0.25, 0.3) is 33.4 Å². The minimum absolute atomic E-state index is 0.111. The number of amides is 2. The van der Waals surface area contributed by atoms with Crippen molar-refractivity contribution in [3.63, 3.8) is 0 Å². The molecule has 0 radical (unpaired) electrons. The van der Waals surface area contributed by atoms with Crippen LogP contribution in [0.5, 0.6) is 0 Å². The van der Waals surface area contributed by atoms with Gasteiger partial charge in [0, 0.05) is 116 Å². The van der Waals surface area contributed by atoms with E-state index in [2.05, 4.69) is 147 Å². The van der Waals surface area contributed by atoms with Gasteiger partial charge in [-0.1, -0.05) is 45.0 Å². The molecule has 0 unspecified atom stereocenters. The van der Waals surface area contributed by atoms with E-state index in [-0.39, 0.29) is 23.1 Å². The average molecular weight is 822 g/mol. The number of H-pyrrole nitrogens is 1. The Morgan fingerprint density at radius 1 is 0.836 bits per heavy atom. The Labute approximate surface area is 358 Å². The fourth-order valence-corrected chi connectivity index (χ4v) is 8.61. The predicted molar refractivity (Wildman–Crippen MR) is 248 cm³/mol. The first kappa shape index (κ1) is 41.6. The summed E-state index contributed by atoms with van der Waals surface area (Å²) in [6.45, 7) is 19.4. The quantitative estimate of drug-likeness (QED) is 0.102. The van der Waals surface area contributed by atoms with E-state index in [1.165, 1.54) is 36.3 Å². The topological polar surface area (TPSA) is 160 Å². The van der Waals surface area contributed by atoms with Crippen LogP contribution < -0.4 is 26.2 Å². The van der Waals surface area contributed by atoms with E-state index in [4.69, 9.17) is 10.7 Å². The lowest BCUT2D eigenvalue weighted by Crippen LogP contribution is -2.49. The molecule has 0 spiro atoms. The Hall–Kier alpha value is -6.08. The zero-order valence-electron chi connectivity index (χ0n) is 36.2. The number of carbonyl (C=O) groups is 2. The third-order valence-electron chi connectivity index (χ3n) is 12.5. The van der Waals surface area contributed by atoms with Gasteiger partial charge in [-0.05, 0) is 97.3 Å². The molecular weight excluding hydrogens is 763 g/mol. The molecule has 0 aliphatic carbocycles. The van der Waals surface area contributed by atoms with Crippen molar-refractivity contribution < 1.29 is 9.59 Å². The number of primary amides is 1. The molecule has 61 heavy (non-hydrogen) atoms. The summed E-state index contributed by atoms with van der Waals surface area (Å²) in [5, 5.41) is 15.0. The molecule has 5 heterocycles. The molecule has 2 aromatic heterocycles. The third-order valence-corrected chi connectivity index (χ3v) is 12.5. The van der Waals surface area contributed by atoms with Crippen LogP contribution in [-0.2, 0) is 16.1 Å². The van der Waals surface area contributed by atoms with Crippen molar-refractivity contribution in [1.29, 1.82) is 0 Å². The van der Waals surface area contributed by atoms with Gasteiger partial charge in [-0.25, -0.2) is 9.98 Å².